The number of carbonyl (C=O) groups is 1. The second-order valence-corrected chi connectivity index (χ2v) is 10.5. The minimum absolute atomic E-state index is 0.0647. The molecule has 4 aromatic rings. The topological polar surface area (TPSA) is 76.3 Å². The van der Waals surface area contributed by atoms with E-state index in [0.29, 0.717) is 35.0 Å². The van der Waals surface area contributed by atoms with Gasteiger partial charge in [-0.15, -0.1) is 0 Å². The van der Waals surface area contributed by atoms with Gasteiger partial charge < -0.3 is 9.80 Å². The summed E-state index contributed by atoms with van der Waals surface area (Å²) in [6, 6.07) is 15.5. The predicted molar refractivity (Wildman–Crippen MR) is 142 cm³/mol. The fourth-order valence-corrected chi connectivity index (χ4v) is 6.38. The zero-order valence-electron chi connectivity index (χ0n) is 19.8. The van der Waals surface area contributed by atoms with E-state index in [1.165, 1.54) is 11.8 Å². The van der Waals surface area contributed by atoms with Crippen molar-refractivity contribution in [3.05, 3.63) is 75.7 Å². The molecule has 2 aliphatic heterocycles. The first-order chi connectivity index (χ1) is 17.5. The molecule has 36 heavy (non-hydrogen) atoms. The molecule has 6 rings (SSSR count). The number of rotatable bonds is 4. The van der Waals surface area contributed by atoms with Crippen molar-refractivity contribution in [1.82, 2.24) is 24.2 Å². The van der Waals surface area contributed by atoms with E-state index in [0.717, 1.165) is 35.1 Å². The van der Waals surface area contributed by atoms with Crippen LogP contribution >= 0.6 is 23.4 Å². The van der Waals surface area contributed by atoms with Crippen LogP contribution in [0.3, 0.4) is 0 Å². The largest absolute Gasteiger partial charge is 0.367 e. The summed E-state index contributed by atoms with van der Waals surface area (Å²) in [7, 11) is 0. The average Bonchev–Trinajstić information content (AvgIpc) is 3.50. The Morgan fingerprint density at radius 3 is 2.53 bits per heavy atom. The predicted octanol–water partition coefficient (Wildman–Crippen LogP) is 3.93. The van der Waals surface area contributed by atoms with Gasteiger partial charge in [0.25, 0.3) is 5.56 Å². The molecule has 1 saturated heterocycles. The van der Waals surface area contributed by atoms with Crippen molar-refractivity contribution in [2.75, 3.05) is 36.8 Å². The summed E-state index contributed by atoms with van der Waals surface area (Å²) in [5.41, 5.74) is 3.36. The van der Waals surface area contributed by atoms with Gasteiger partial charge in [-0.25, -0.2) is 9.67 Å². The third kappa shape index (κ3) is 3.96. The molecule has 0 N–H and O–H groups in total. The molecule has 2 aromatic carbocycles. The van der Waals surface area contributed by atoms with Gasteiger partial charge >= 0.3 is 0 Å². The highest BCUT2D eigenvalue weighted by atomic mass is 35.5. The zero-order valence-corrected chi connectivity index (χ0v) is 21.4. The van der Waals surface area contributed by atoms with Gasteiger partial charge in [0.2, 0.25) is 5.91 Å². The van der Waals surface area contributed by atoms with Gasteiger partial charge in [0, 0.05) is 38.4 Å². The molecule has 10 heteroatoms. The Balaban J connectivity index is 1.20. The number of halogens is 1. The molecule has 0 bridgehead atoms. The molecule has 2 aliphatic rings. The van der Waals surface area contributed by atoms with E-state index < -0.39 is 0 Å². The molecule has 4 heterocycles. The Morgan fingerprint density at radius 2 is 1.78 bits per heavy atom. The minimum atomic E-state index is -0.217. The number of benzene rings is 2. The molecule has 0 radical (unpaired) electrons. The van der Waals surface area contributed by atoms with Crippen LogP contribution in [0.2, 0.25) is 5.02 Å². The fraction of sp³-hybridized carbons (Fsp3) is 0.308. The van der Waals surface area contributed by atoms with Crippen LogP contribution in [0.15, 0.2) is 64.7 Å². The fourth-order valence-electron chi connectivity index (χ4n) is 4.99. The van der Waals surface area contributed by atoms with Crippen LogP contribution in [-0.2, 0) is 4.79 Å². The van der Waals surface area contributed by atoms with Gasteiger partial charge in [-0.2, -0.15) is 5.10 Å². The lowest BCUT2D eigenvalue weighted by molar-refractivity contribution is -0.132. The number of para-hydroxylation sites is 2. The van der Waals surface area contributed by atoms with Crippen LogP contribution in [0.4, 0.5) is 5.69 Å². The van der Waals surface area contributed by atoms with E-state index in [9.17, 15) is 9.59 Å². The quantitative estimate of drug-likeness (QED) is 0.379. The van der Waals surface area contributed by atoms with Crippen molar-refractivity contribution >= 4 is 46.0 Å². The summed E-state index contributed by atoms with van der Waals surface area (Å²) >= 11 is 7.87. The molecule has 8 nitrogen and oxygen atoms in total. The highest BCUT2D eigenvalue weighted by Crippen LogP contribution is 2.34. The number of amides is 1. The maximum atomic E-state index is 13.5. The van der Waals surface area contributed by atoms with E-state index in [-0.39, 0.29) is 23.9 Å². The van der Waals surface area contributed by atoms with E-state index in [2.05, 4.69) is 10.00 Å². The normalized spacial score (nSPS) is 17.6. The van der Waals surface area contributed by atoms with E-state index in [4.69, 9.17) is 16.6 Å². The first-order valence-electron chi connectivity index (χ1n) is 12.0. The number of aryl methyl sites for hydroxylation is 1. The van der Waals surface area contributed by atoms with Crippen molar-refractivity contribution < 1.29 is 4.79 Å². The number of thioether (sulfide) groups is 1. The number of hydrogen-bond acceptors (Lipinski definition) is 6. The lowest BCUT2D eigenvalue weighted by Crippen LogP contribution is -2.49. The van der Waals surface area contributed by atoms with Gasteiger partial charge in [0.15, 0.2) is 10.8 Å². The summed E-state index contributed by atoms with van der Waals surface area (Å²) in [4.78, 5) is 35.6. The molecule has 1 fully saturated rings. The SMILES string of the molecule is Cc1ccccc1-n1ncc2c(=O)n3c(nc21)SCC3CC(=O)N1CCN(c2ccccc2Cl)CC1. The first-order valence-corrected chi connectivity index (χ1v) is 13.3. The van der Waals surface area contributed by atoms with E-state index in [1.54, 1.807) is 15.4 Å². The number of carbonyl (C=O) groups excluding carboxylic acids is 1. The maximum absolute atomic E-state index is 13.5. The van der Waals surface area contributed by atoms with Crippen molar-refractivity contribution in [3.8, 4) is 5.69 Å². The molecule has 0 spiro atoms. The highest BCUT2D eigenvalue weighted by Gasteiger charge is 2.32. The van der Waals surface area contributed by atoms with Crippen molar-refractivity contribution in [2.24, 2.45) is 0 Å². The first kappa shape index (κ1) is 23.1. The Bertz CT molecular complexity index is 1520. The molecular weight excluding hydrogens is 496 g/mol. The molecular formula is C26H25ClN6O2S. The summed E-state index contributed by atoms with van der Waals surface area (Å²) < 4.78 is 3.42. The number of fused-ring (bicyclic) bond motifs is 2. The molecule has 0 saturated carbocycles. The third-order valence-electron chi connectivity index (χ3n) is 6.95. The van der Waals surface area contributed by atoms with E-state index >= 15 is 0 Å². The average molecular weight is 521 g/mol. The van der Waals surface area contributed by atoms with Gasteiger partial charge in [0.1, 0.15) is 5.39 Å². The van der Waals surface area contributed by atoms with Crippen LogP contribution in [0.5, 0.6) is 0 Å². The molecule has 1 unspecified atom stereocenters. The van der Waals surface area contributed by atoms with Crippen LogP contribution < -0.4 is 10.5 Å². The number of aromatic nitrogens is 4. The molecule has 1 amide bonds. The standard InChI is InChI=1S/C26H25ClN6O2S/c1-17-6-2-4-8-21(17)33-24-19(15-28-33)25(35)32-18(16-36-26(32)29-24)14-23(34)31-12-10-30(11-13-31)22-9-5-3-7-20(22)27/h2-9,15,18H,10-14,16H2,1H3. The lowest BCUT2D eigenvalue weighted by Gasteiger charge is -2.37. The van der Waals surface area contributed by atoms with Gasteiger partial charge in [0.05, 0.1) is 28.6 Å². The van der Waals surface area contributed by atoms with Crippen molar-refractivity contribution in [2.45, 2.75) is 24.5 Å². The summed E-state index contributed by atoms with van der Waals surface area (Å²) in [5.74, 6) is 0.715. The Labute approximate surface area is 217 Å². The monoisotopic (exact) mass is 520 g/mol. The van der Waals surface area contributed by atoms with Crippen LogP contribution in [-0.4, -0.2) is 62.1 Å². The number of nitrogens with zero attached hydrogens (tertiary/aromatic N) is 6. The minimum Gasteiger partial charge on any atom is -0.367 e. The van der Waals surface area contributed by atoms with Gasteiger partial charge in [-0.05, 0) is 30.7 Å². The summed E-state index contributed by atoms with van der Waals surface area (Å²) in [5, 5.41) is 6.30. The highest BCUT2D eigenvalue weighted by molar-refractivity contribution is 7.99. The number of hydrogen-bond donors (Lipinski definition) is 0. The molecule has 2 aromatic heterocycles. The van der Waals surface area contributed by atoms with Gasteiger partial charge in [-0.1, -0.05) is 53.7 Å². The van der Waals surface area contributed by atoms with Crippen LogP contribution in [0.1, 0.15) is 18.0 Å². The Kier molecular flexibility index (Phi) is 5.97. The Hall–Kier alpha value is -3.30. The van der Waals surface area contributed by atoms with Crippen molar-refractivity contribution in [3.63, 3.8) is 0 Å². The smallest absolute Gasteiger partial charge is 0.265 e. The maximum Gasteiger partial charge on any atom is 0.265 e. The lowest BCUT2D eigenvalue weighted by atomic mass is 10.1. The van der Waals surface area contributed by atoms with Gasteiger partial charge in [-0.3, -0.25) is 14.2 Å². The molecule has 184 valence electrons. The number of anilines is 1. The van der Waals surface area contributed by atoms with E-state index in [1.807, 2.05) is 60.4 Å². The summed E-state index contributed by atoms with van der Waals surface area (Å²) in [6.07, 6.45) is 1.87. The second-order valence-electron chi connectivity index (χ2n) is 9.14. The van der Waals surface area contributed by atoms with Crippen LogP contribution in [0.25, 0.3) is 16.7 Å². The molecule has 1 atom stereocenters. The Morgan fingerprint density at radius 1 is 1.06 bits per heavy atom. The second kappa shape index (κ2) is 9.29. The van der Waals surface area contributed by atoms with Crippen molar-refractivity contribution in [1.29, 1.82) is 0 Å². The zero-order chi connectivity index (χ0) is 24.8. The summed E-state index contributed by atoms with van der Waals surface area (Å²) in [6.45, 7) is 4.73. The molecule has 0 aliphatic carbocycles. The third-order valence-corrected chi connectivity index (χ3v) is 8.37. The van der Waals surface area contributed by atoms with Crippen LogP contribution in [0, 0.1) is 6.92 Å². The number of piperazine rings is 1.